The molecule has 1 amide bonds. The predicted molar refractivity (Wildman–Crippen MR) is 114 cm³/mol. The van der Waals surface area contributed by atoms with Gasteiger partial charge in [-0.05, 0) is 55.7 Å². The molecule has 3 rings (SSSR count). The van der Waals surface area contributed by atoms with Crippen LogP contribution >= 0.6 is 0 Å². The van der Waals surface area contributed by atoms with Gasteiger partial charge in [0.1, 0.15) is 6.04 Å². The third-order valence-corrected chi connectivity index (χ3v) is 6.13. The lowest BCUT2D eigenvalue weighted by Crippen LogP contribution is -2.46. The van der Waals surface area contributed by atoms with Crippen molar-refractivity contribution < 1.29 is 13.2 Å². The first-order valence-corrected chi connectivity index (χ1v) is 11.5. The first-order chi connectivity index (χ1) is 13.4. The Morgan fingerprint density at radius 2 is 1.68 bits per heavy atom. The van der Waals surface area contributed by atoms with Crippen LogP contribution in [0.15, 0.2) is 54.6 Å². The second kappa shape index (κ2) is 8.65. The predicted octanol–water partition coefficient (Wildman–Crippen LogP) is 3.47. The number of hydrogen-bond acceptors (Lipinski definition) is 4. The van der Waals surface area contributed by atoms with Gasteiger partial charge in [0.05, 0.1) is 11.9 Å². The highest BCUT2D eigenvalue weighted by atomic mass is 32.2. The van der Waals surface area contributed by atoms with E-state index in [1.165, 1.54) is 17.1 Å². The van der Waals surface area contributed by atoms with Crippen molar-refractivity contribution in [1.82, 2.24) is 0 Å². The summed E-state index contributed by atoms with van der Waals surface area (Å²) in [5.74, 6) is -0.342. The van der Waals surface area contributed by atoms with Gasteiger partial charge in [0, 0.05) is 24.5 Å². The van der Waals surface area contributed by atoms with E-state index in [0.717, 1.165) is 25.0 Å². The smallest absolute Gasteiger partial charge is 0.248 e. The lowest BCUT2D eigenvalue weighted by molar-refractivity contribution is -0.117. The number of nitrogens with zero attached hydrogens (tertiary/aromatic N) is 2. The molecule has 1 fully saturated rings. The Kier molecular flexibility index (Phi) is 6.24. The van der Waals surface area contributed by atoms with Crippen LogP contribution in [0.3, 0.4) is 0 Å². The van der Waals surface area contributed by atoms with Gasteiger partial charge in [-0.3, -0.25) is 9.10 Å². The number of hydrogen-bond donors (Lipinski definition) is 1. The molecule has 0 saturated carbocycles. The molecule has 0 unspecified atom stereocenters. The number of benzene rings is 2. The zero-order chi connectivity index (χ0) is 20.1. The van der Waals surface area contributed by atoms with E-state index >= 15 is 0 Å². The van der Waals surface area contributed by atoms with Crippen LogP contribution in [0.2, 0.25) is 0 Å². The Hall–Kier alpha value is -2.54. The molecule has 7 heteroatoms. The molecule has 2 aromatic carbocycles. The summed E-state index contributed by atoms with van der Waals surface area (Å²) in [7, 11) is -3.62. The van der Waals surface area contributed by atoms with Crippen LogP contribution in [-0.2, 0) is 14.8 Å². The molecule has 150 valence electrons. The number of nitrogens with one attached hydrogen (secondary N) is 1. The molecule has 28 heavy (non-hydrogen) atoms. The molecule has 0 aromatic heterocycles. The van der Waals surface area contributed by atoms with Crippen LogP contribution < -0.4 is 14.5 Å². The Labute approximate surface area is 167 Å². The van der Waals surface area contributed by atoms with Gasteiger partial charge >= 0.3 is 0 Å². The number of anilines is 3. The quantitative estimate of drug-likeness (QED) is 0.771. The normalized spacial score (nSPS) is 15.3. The maximum absolute atomic E-state index is 12.9. The highest BCUT2D eigenvalue weighted by Gasteiger charge is 2.31. The largest absolute Gasteiger partial charge is 0.372 e. The van der Waals surface area contributed by atoms with E-state index in [1.807, 2.05) is 37.3 Å². The molecule has 1 N–H and O–H groups in total. The van der Waals surface area contributed by atoms with Gasteiger partial charge in [0.25, 0.3) is 0 Å². The molecule has 0 spiro atoms. The second-order valence-electron chi connectivity index (χ2n) is 7.05. The Morgan fingerprint density at radius 3 is 2.21 bits per heavy atom. The summed E-state index contributed by atoms with van der Waals surface area (Å²) in [6.45, 7) is 3.93. The molecule has 1 aliphatic heterocycles. The average Bonchev–Trinajstić information content (AvgIpc) is 3.21. The number of carbonyl (C=O) groups excluding carboxylic acids is 1. The van der Waals surface area contributed by atoms with E-state index in [2.05, 4.69) is 10.2 Å². The fraction of sp³-hybridized carbons (Fsp3) is 0.381. The van der Waals surface area contributed by atoms with E-state index in [4.69, 9.17) is 0 Å². The van der Waals surface area contributed by atoms with Crippen molar-refractivity contribution in [3.8, 4) is 0 Å². The third kappa shape index (κ3) is 4.65. The van der Waals surface area contributed by atoms with E-state index in [1.54, 1.807) is 24.3 Å². The van der Waals surface area contributed by atoms with Gasteiger partial charge in [-0.2, -0.15) is 0 Å². The van der Waals surface area contributed by atoms with Gasteiger partial charge < -0.3 is 10.2 Å². The first-order valence-electron chi connectivity index (χ1n) is 9.60. The molecule has 0 radical (unpaired) electrons. The minimum absolute atomic E-state index is 0.342. The third-order valence-electron chi connectivity index (χ3n) is 4.95. The van der Waals surface area contributed by atoms with Crippen LogP contribution in [-0.4, -0.2) is 39.7 Å². The summed E-state index contributed by atoms with van der Waals surface area (Å²) < 4.78 is 26.0. The Morgan fingerprint density at radius 1 is 1.07 bits per heavy atom. The molecule has 0 bridgehead atoms. The van der Waals surface area contributed by atoms with Gasteiger partial charge in [0.2, 0.25) is 15.9 Å². The van der Waals surface area contributed by atoms with Crippen molar-refractivity contribution >= 4 is 33.0 Å². The van der Waals surface area contributed by atoms with Crippen molar-refractivity contribution in [3.63, 3.8) is 0 Å². The number of carbonyl (C=O) groups is 1. The van der Waals surface area contributed by atoms with E-state index in [9.17, 15) is 13.2 Å². The highest BCUT2D eigenvalue weighted by Crippen LogP contribution is 2.25. The standard InChI is InChI=1S/C21H27N3O3S/c1-3-20(24(28(2,26)27)19-9-5-4-6-10-19)21(25)22-17-11-13-18(14-12-17)23-15-7-8-16-23/h4-6,9-14,20H,3,7-8,15-16H2,1-2H3,(H,22,25)/t20-/m1/s1. The summed E-state index contributed by atoms with van der Waals surface area (Å²) in [5, 5.41) is 2.87. The zero-order valence-corrected chi connectivity index (χ0v) is 17.2. The molecule has 1 saturated heterocycles. The molecule has 1 heterocycles. The SMILES string of the molecule is CC[C@H](C(=O)Nc1ccc(N2CCCC2)cc1)N(c1ccccc1)S(C)(=O)=O. The van der Waals surface area contributed by atoms with Crippen LogP contribution in [0.4, 0.5) is 17.1 Å². The number of rotatable bonds is 7. The molecular weight excluding hydrogens is 374 g/mol. The average molecular weight is 402 g/mol. The van der Waals surface area contributed by atoms with Crippen molar-refractivity contribution in [2.45, 2.75) is 32.2 Å². The lowest BCUT2D eigenvalue weighted by Gasteiger charge is -2.30. The number of para-hydroxylation sites is 1. The topological polar surface area (TPSA) is 69.7 Å². The van der Waals surface area contributed by atoms with Crippen LogP contribution in [0, 0.1) is 0 Å². The second-order valence-corrected chi connectivity index (χ2v) is 8.91. The van der Waals surface area contributed by atoms with Crippen LogP contribution in [0.25, 0.3) is 0 Å². The zero-order valence-electron chi connectivity index (χ0n) is 16.3. The minimum atomic E-state index is -3.62. The van der Waals surface area contributed by atoms with Crippen LogP contribution in [0.1, 0.15) is 26.2 Å². The molecular formula is C21H27N3O3S. The van der Waals surface area contributed by atoms with Crippen molar-refractivity contribution in [1.29, 1.82) is 0 Å². The van der Waals surface area contributed by atoms with Crippen molar-refractivity contribution in [2.75, 3.05) is 33.9 Å². The molecule has 2 aromatic rings. The summed E-state index contributed by atoms with van der Waals surface area (Å²) in [6.07, 6.45) is 3.90. The fourth-order valence-electron chi connectivity index (χ4n) is 3.59. The summed E-state index contributed by atoms with van der Waals surface area (Å²) in [5.41, 5.74) is 2.29. The fourth-order valence-corrected chi connectivity index (χ4v) is 4.80. The monoisotopic (exact) mass is 401 g/mol. The Balaban J connectivity index is 1.78. The Bertz CT molecular complexity index is 892. The summed E-state index contributed by atoms with van der Waals surface area (Å²) in [4.78, 5) is 15.2. The van der Waals surface area contributed by atoms with Crippen LogP contribution in [0.5, 0.6) is 0 Å². The van der Waals surface area contributed by atoms with Gasteiger partial charge in [-0.25, -0.2) is 8.42 Å². The lowest BCUT2D eigenvalue weighted by atomic mass is 10.1. The molecule has 0 aliphatic carbocycles. The number of sulfonamides is 1. The van der Waals surface area contributed by atoms with Crippen molar-refractivity contribution in [2.24, 2.45) is 0 Å². The van der Waals surface area contributed by atoms with Crippen molar-refractivity contribution in [3.05, 3.63) is 54.6 Å². The molecule has 1 aliphatic rings. The minimum Gasteiger partial charge on any atom is -0.372 e. The maximum atomic E-state index is 12.9. The van der Waals surface area contributed by atoms with E-state index in [-0.39, 0.29) is 5.91 Å². The number of amides is 1. The highest BCUT2D eigenvalue weighted by molar-refractivity contribution is 7.92. The molecule has 1 atom stereocenters. The van der Waals surface area contributed by atoms with Gasteiger partial charge in [0.15, 0.2) is 0 Å². The van der Waals surface area contributed by atoms with Gasteiger partial charge in [-0.15, -0.1) is 0 Å². The van der Waals surface area contributed by atoms with Gasteiger partial charge in [-0.1, -0.05) is 25.1 Å². The van der Waals surface area contributed by atoms with E-state index in [0.29, 0.717) is 17.8 Å². The summed E-state index contributed by atoms with van der Waals surface area (Å²) in [6, 6.07) is 15.6. The maximum Gasteiger partial charge on any atom is 0.248 e. The summed E-state index contributed by atoms with van der Waals surface area (Å²) >= 11 is 0. The first kappa shape index (κ1) is 20.2. The molecule has 6 nitrogen and oxygen atoms in total. The van der Waals surface area contributed by atoms with E-state index < -0.39 is 16.1 Å².